The lowest BCUT2D eigenvalue weighted by Crippen LogP contribution is -2.40. The summed E-state index contributed by atoms with van der Waals surface area (Å²) in [7, 11) is 0. The zero-order valence-corrected chi connectivity index (χ0v) is 13.8. The van der Waals surface area contributed by atoms with Crippen molar-refractivity contribution in [1.29, 1.82) is 0 Å². The molecule has 0 aliphatic carbocycles. The average molecular weight is 373 g/mol. The van der Waals surface area contributed by atoms with Crippen molar-refractivity contribution in [2.45, 2.75) is 39.7 Å². The lowest BCUT2D eigenvalue weighted by molar-refractivity contribution is 0.0837. The maximum atomic E-state index is 11.6. The molecule has 0 fully saturated rings. The molecular weight excluding hydrogens is 353 g/mol. The summed E-state index contributed by atoms with van der Waals surface area (Å²) in [6.45, 7) is 6.95. The number of hydrogen-bond acceptors (Lipinski definition) is 1. The van der Waals surface area contributed by atoms with E-state index in [0.29, 0.717) is 6.54 Å². The van der Waals surface area contributed by atoms with E-state index >= 15 is 0 Å². The van der Waals surface area contributed by atoms with E-state index < -0.39 is 6.09 Å². The summed E-state index contributed by atoms with van der Waals surface area (Å²) in [5.74, 6) is 0. The standard InChI is InChI=1S/C15H20INO2/c1-15(2,3)13-12-7-6-11(16)9-10(12)5-4-8-17(13)14(18)19/h6-7,9,13H,4-5,8H2,1-3H3,(H,18,19). The van der Waals surface area contributed by atoms with Gasteiger partial charge in [0.2, 0.25) is 0 Å². The number of benzene rings is 1. The van der Waals surface area contributed by atoms with Crippen molar-refractivity contribution in [3.63, 3.8) is 0 Å². The fourth-order valence-corrected chi connectivity index (χ4v) is 3.49. The number of amides is 1. The molecule has 104 valence electrons. The molecule has 0 saturated heterocycles. The lowest BCUT2D eigenvalue weighted by atomic mass is 9.80. The third-order valence-corrected chi connectivity index (χ3v) is 4.29. The number of carbonyl (C=O) groups is 1. The van der Waals surface area contributed by atoms with Gasteiger partial charge < -0.3 is 10.0 Å². The molecule has 0 saturated carbocycles. The van der Waals surface area contributed by atoms with Gasteiger partial charge in [-0.1, -0.05) is 26.8 Å². The van der Waals surface area contributed by atoms with E-state index in [-0.39, 0.29) is 11.5 Å². The van der Waals surface area contributed by atoms with Crippen molar-refractivity contribution < 1.29 is 9.90 Å². The van der Waals surface area contributed by atoms with E-state index in [1.165, 1.54) is 14.7 Å². The third kappa shape index (κ3) is 3.04. The molecule has 1 N–H and O–H groups in total. The van der Waals surface area contributed by atoms with E-state index in [0.717, 1.165) is 12.8 Å². The molecule has 2 rings (SSSR count). The van der Waals surface area contributed by atoms with Gasteiger partial charge in [-0.25, -0.2) is 4.79 Å². The summed E-state index contributed by atoms with van der Waals surface area (Å²) in [5.41, 5.74) is 2.37. The van der Waals surface area contributed by atoms with Crippen LogP contribution >= 0.6 is 22.6 Å². The van der Waals surface area contributed by atoms with Crippen molar-refractivity contribution in [2.24, 2.45) is 5.41 Å². The number of halogens is 1. The van der Waals surface area contributed by atoms with Gasteiger partial charge in [0.15, 0.2) is 0 Å². The third-order valence-electron chi connectivity index (χ3n) is 3.62. The van der Waals surface area contributed by atoms with E-state index in [2.05, 4.69) is 61.6 Å². The molecule has 0 radical (unpaired) electrons. The van der Waals surface area contributed by atoms with Gasteiger partial charge in [-0.3, -0.25) is 0 Å². The molecule has 0 spiro atoms. The predicted octanol–water partition coefficient (Wildman–Crippen LogP) is 4.30. The normalized spacial score (nSPS) is 19.8. The first-order valence-electron chi connectivity index (χ1n) is 6.58. The van der Waals surface area contributed by atoms with Gasteiger partial charge in [0, 0.05) is 10.1 Å². The maximum Gasteiger partial charge on any atom is 0.407 e. The van der Waals surface area contributed by atoms with Crippen LogP contribution in [0.2, 0.25) is 0 Å². The van der Waals surface area contributed by atoms with Crippen LogP contribution in [0.5, 0.6) is 0 Å². The molecule has 1 aliphatic heterocycles. The molecule has 1 aliphatic rings. The first-order valence-corrected chi connectivity index (χ1v) is 7.66. The van der Waals surface area contributed by atoms with Gasteiger partial charge in [0.25, 0.3) is 0 Å². The van der Waals surface area contributed by atoms with E-state index in [1.54, 1.807) is 4.90 Å². The highest BCUT2D eigenvalue weighted by molar-refractivity contribution is 14.1. The summed E-state index contributed by atoms with van der Waals surface area (Å²) in [5, 5.41) is 9.50. The van der Waals surface area contributed by atoms with Crippen LogP contribution in [-0.4, -0.2) is 22.6 Å². The number of nitrogens with zero attached hydrogens (tertiary/aromatic N) is 1. The summed E-state index contributed by atoms with van der Waals surface area (Å²) >= 11 is 2.32. The van der Waals surface area contributed by atoms with Gasteiger partial charge in [-0.15, -0.1) is 0 Å². The molecule has 1 heterocycles. The zero-order chi connectivity index (χ0) is 14.2. The van der Waals surface area contributed by atoms with Crippen molar-refractivity contribution in [2.75, 3.05) is 6.54 Å². The smallest absolute Gasteiger partial charge is 0.407 e. The van der Waals surface area contributed by atoms with E-state index in [1.807, 2.05) is 0 Å². The Balaban J connectivity index is 2.56. The van der Waals surface area contributed by atoms with Crippen molar-refractivity contribution in [1.82, 2.24) is 4.90 Å². The SMILES string of the molecule is CC(C)(C)C1c2ccc(I)cc2CCCN1C(=O)O. The summed E-state index contributed by atoms with van der Waals surface area (Å²) < 4.78 is 1.22. The van der Waals surface area contributed by atoms with Gasteiger partial charge in [0.05, 0.1) is 6.04 Å². The molecular formula is C15H20INO2. The average Bonchev–Trinajstić information content (AvgIpc) is 2.46. The second-order valence-electron chi connectivity index (χ2n) is 6.19. The predicted molar refractivity (Wildman–Crippen MR) is 84.4 cm³/mol. The summed E-state index contributed by atoms with van der Waals surface area (Å²) in [6.07, 6.45) is 1.04. The Labute approximate surface area is 128 Å². The Morgan fingerprint density at radius 2 is 2.11 bits per heavy atom. The van der Waals surface area contributed by atoms with Crippen LogP contribution in [-0.2, 0) is 6.42 Å². The van der Waals surface area contributed by atoms with Crippen LogP contribution in [0.1, 0.15) is 44.4 Å². The Bertz CT molecular complexity index is 493. The van der Waals surface area contributed by atoms with E-state index in [4.69, 9.17) is 0 Å². The Kier molecular flexibility index (Phi) is 4.08. The molecule has 1 aromatic rings. The first kappa shape index (κ1) is 14.6. The largest absolute Gasteiger partial charge is 0.465 e. The molecule has 3 nitrogen and oxygen atoms in total. The van der Waals surface area contributed by atoms with Crippen LogP contribution in [0.25, 0.3) is 0 Å². The topological polar surface area (TPSA) is 40.5 Å². The maximum absolute atomic E-state index is 11.6. The fourth-order valence-electron chi connectivity index (χ4n) is 2.93. The number of carboxylic acid groups (broad SMARTS) is 1. The van der Waals surface area contributed by atoms with Gasteiger partial charge in [0.1, 0.15) is 0 Å². The second kappa shape index (κ2) is 5.31. The van der Waals surface area contributed by atoms with Crippen LogP contribution in [0, 0.1) is 8.99 Å². The second-order valence-corrected chi connectivity index (χ2v) is 7.44. The minimum absolute atomic E-state index is 0.0699. The molecule has 0 aromatic heterocycles. The molecule has 4 heteroatoms. The van der Waals surface area contributed by atoms with Crippen molar-refractivity contribution in [3.8, 4) is 0 Å². The zero-order valence-electron chi connectivity index (χ0n) is 11.6. The minimum atomic E-state index is -0.814. The Hall–Kier alpha value is -0.780. The lowest BCUT2D eigenvalue weighted by Gasteiger charge is -2.38. The van der Waals surface area contributed by atoms with Gasteiger partial charge in [-0.2, -0.15) is 0 Å². The van der Waals surface area contributed by atoms with Gasteiger partial charge >= 0.3 is 6.09 Å². The number of fused-ring (bicyclic) bond motifs is 1. The van der Waals surface area contributed by atoms with E-state index in [9.17, 15) is 9.90 Å². The highest BCUT2D eigenvalue weighted by Crippen LogP contribution is 2.41. The summed E-state index contributed by atoms with van der Waals surface area (Å²) in [4.78, 5) is 13.2. The van der Waals surface area contributed by atoms with Gasteiger partial charge in [-0.05, 0) is 64.1 Å². The molecule has 1 atom stereocenters. The van der Waals surface area contributed by atoms with Crippen molar-refractivity contribution >= 4 is 28.7 Å². The van der Waals surface area contributed by atoms with Crippen LogP contribution in [0.4, 0.5) is 4.79 Å². The molecule has 1 aromatic carbocycles. The highest BCUT2D eigenvalue weighted by atomic mass is 127. The summed E-state index contributed by atoms with van der Waals surface area (Å²) in [6, 6.07) is 6.30. The molecule has 1 unspecified atom stereocenters. The van der Waals surface area contributed by atoms with Crippen LogP contribution < -0.4 is 0 Å². The quantitative estimate of drug-likeness (QED) is 0.689. The molecule has 19 heavy (non-hydrogen) atoms. The minimum Gasteiger partial charge on any atom is -0.465 e. The van der Waals surface area contributed by atoms with Crippen LogP contribution in [0.15, 0.2) is 18.2 Å². The number of rotatable bonds is 0. The monoisotopic (exact) mass is 373 g/mol. The fraction of sp³-hybridized carbons (Fsp3) is 0.533. The Morgan fingerprint density at radius 1 is 1.42 bits per heavy atom. The van der Waals surface area contributed by atoms with Crippen molar-refractivity contribution in [3.05, 3.63) is 32.9 Å². The first-order chi connectivity index (χ1) is 8.80. The molecule has 1 amide bonds. The number of aryl methyl sites for hydroxylation is 1. The highest BCUT2D eigenvalue weighted by Gasteiger charge is 2.37. The molecule has 0 bridgehead atoms. The number of hydrogen-bond donors (Lipinski definition) is 1. The Morgan fingerprint density at radius 3 is 2.68 bits per heavy atom. The van der Waals surface area contributed by atoms with Crippen LogP contribution in [0.3, 0.4) is 0 Å².